The molecule has 22 heavy (non-hydrogen) atoms. The standard InChI is InChI=1S/C16H24N2O3S/c1-12-11-22-16(17-12)14-6-2-3-7-18(14)15(19)10-20-9-13-5-4-8-21-13/h11,13-14H,2-10H2,1H3/t13-,14-/m0/s1. The first kappa shape index (κ1) is 15.9. The number of likely N-dealkylation sites (tertiary alicyclic amines) is 1. The number of nitrogens with zero attached hydrogens (tertiary/aromatic N) is 2. The first-order valence-corrected chi connectivity index (χ1v) is 9.03. The topological polar surface area (TPSA) is 51.7 Å². The quantitative estimate of drug-likeness (QED) is 0.835. The summed E-state index contributed by atoms with van der Waals surface area (Å²) < 4.78 is 11.1. The van der Waals surface area contributed by atoms with Gasteiger partial charge in [-0.25, -0.2) is 4.98 Å². The molecule has 3 rings (SSSR count). The predicted molar refractivity (Wildman–Crippen MR) is 84.9 cm³/mol. The molecule has 122 valence electrons. The number of hydrogen-bond acceptors (Lipinski definition) is 5. The van der Waals surface area contributed by atoms with Crippen molar-refractivity contribution in [2.75, 3.05) is 26.4 Å². The highest BCUT2D eigenvalue weighted by molar-refractivity contribution is 7.09. The predicted octanol–water partition coefficient (Wildman–Crippen LogP) is 2.70. The zero-order valence-electron chi connectivity index (χ0n) is 13.1. The lowest BCUT2D eigenvalue weighted by molar-refractivity contribution is -0.141. The summed E-state index contributed by atoms with van der Waals surface area (Å²) >= 11 is 1.66. The molecule has 2 fully saturated rings. The lowest BCUT2D eigenvalue weighted by atomic mass is 10.0. The van der Waals surface area contributed by atoms with Crippen LogP contribution >= 0.6 is 11.3 Å². The van der Waals surface area contributed by atoms with Crippen molar-refractivity contribution < 1.29 is 14.3 Å². The van der Waals surface area contributed by atoms with E-state index in [1.807, 2.05) is 11.8 Å². The van der Waals surface area contributed by atoms with Crippen LogP contribution in [0.1, 0.15) is 48.8 Å². The molecule has 1 amide bonds. The van der Waals surface area contributed by atoms with E-state index in [0.29, 0.717) is 6.61 Å². The van der Waals surface area contributed by atoms with Gasteiger partial charge in [-0.1, -0.05) is 0 Å². The van der Waals surface area contributed by atoms with Gasteiger partial charge in [0.15, 0.2) is 0 Å². The Morgan fingerprint density at radius 1 is 1.45 bits per heavy atom. The van der Waals surface area contributed by atoms with Gasteiger partial charge in [-0.3, -0.25) is 4.79 Å². The number of ether oxygens (including phenoxy) is 2. The van der Waals surface area contributed by atoms with Crippen LogP contribution in [0.2, 0.25) is 0 Å². The van der Waals surface area contributed by atoms with Crippen LogP contribution < -0.4 is 0 Å². The molecule has 0 N–H and O–H groups in total. The van der Waals surface area contributed by atoms with Gasteiger partial charge in [-0.2, -0.15) is 0 Å². The van der Waals surface area contributed by atoms with Gasteiger partial charge in [0.1, 0.15) is 11.6 Å². The average molecular weight is 324 g/mol. The van der Waals surface area contributed by atoms with Crippen LogP contribution in [0.5, 0.6) is 0 Å². The van der Waals surface area contributed by atoms with E-state index in [4.69, 9.17) is 9.47 Å². The van der Waals surface area contributed by atoms with Crippen LogP contribution in [-0.2, 0) is 14.3 Å². The molecule has 6 heteroatoms. The van der Waals surface area contributed by atoms with E-state index in [0.717, 1.165) is 56.0 Å². The third-order valence-corrected chi connectivity index (χ3v) is 5.36. The molecule has 0 aliphatic carbocycles. The molecule has 0 spiro atoms. The SMILES string of the molecule is Cc1csc([C@@H]2CCCCN2C(=O)COC[C@@H]2CCCO2)n1. The van der Waals surface area contributed by atoms with Crippen molar-refractivity contribution >= 4 is 17.2 Å². The zero-order valence-corrected chi connectivity index (χ0v) is 13.9. The van der Waals surface area contributed by atoms with Crippen molar-refractivity contribution in [3.63, 3.8) is 0 Å². The second-order valence-corrected chi connectivity index (χ2v) is 6.97. The fourth-order valence-electron chi connectivity index (χ4n) is 3.15. The maximum absolute atomic E-state index is 12.5. The monoisotopic (exact) mass is 324 g/mol. The molecule has 0 unspecified atom stereocenters. The highest BCUT2D eigenvalue weighted by Gasteiger charge is 2.30. The Labute approximate surface area is 135 Å². The van der Waals surface area contributed by atoms with Crippen molar-refractivity contribution in [2.45, 2.75) is 51.2 Å². The van der Waals surface area contributed by atoms with Crippen molar-refractivity contribution in [2.24, 2.45) is 0 Å². The molecular formula is C16H24N2O3S. The van der Waals surface area contributed by atoms with E-state index in [2.05, 4.69) is 10.4 Å². The first-order chi connectivity index (χ1) is 10.7. The van der Waals surface area contributed by atoms with Crippen LogP contribution in [0.4, 0.5) is 0 Å². The first-order valence-electron chi connectivity index (χ1n) is 8.15. The average Bonchev–Trinajstić information content (AvgIpc) is 3.19. The van der Waals surface area contributed by atoms with Crippen molar-refractivity contribution in [3.05, 3.63) is 16.1 Å². The second-order valence-electron chi connectivity index (χ2n) is 6.08. The molecule has 0 aromatic carbocycles. The molecule has 1 aromatic heterocycles. The smallest absolute Gasteiger partial charge is 0.249 e. The lowest BCUT2D eigenvalue weighted by Crippen LogP contribution is -2.40. The highest BCUT2D eigenvalue weighted by atomic mass is 32.1. The van der Waals surface area contributed by atoms with Gasteiger partial charge in [-0.05, 0) is 39.0 Å². The molecule has 0 radical (unpaired) electrons. The molecule has 2 saturated heterocycles. The Hall–Kier alpha value is -0.980. The van der Waals surface area contributed by atoms with Gasteiger partial charge >= 0.3 is 0 Å². The summed E-state index contributed by atoms with van der Waals surface area (Å²) in [7, 11) is 0. The Bertz CT molecular complexity index is 499. The minimum Gasteiger partial charge on any atom is -0.376 e. The fraction of sp³-hybridized carbons (Fsp3) is 0.750. The summed E-state index contributed by atoms with van der Waals surface area (Å²) in [4.78, 5) is 19.0. The third-order valence-electron chi connectivity index (χ3n) is 4.30. The van der Waals surface area contributed by atoms with Crippen LogP contribution in [0.15, 0.2) is 5.38 Å². The van der Waals surface area contributed by atoms with E-state index < -0.39 is 0 Å². The van der Waals surface area contributed by atoms with E-state index in [1.165, 1.54) is 0 Å². The summed E-state index contributed by atoms with van der Waals surface area (Å²) in [6.07, 6.45) is 5.54. The van der Waals surface area contributed by atoms with Crippen molar-refractivity contribution in [1.82, 2.24) is 9.88 Å². The number of rotatable bonds is 5. The number of amides is 1. The number of carbonyl (C=O) groups is 1. The van der Waals surface area contributed by atoms with Gasteiger partial charge in [0.2, 0.25) is 5.91 Å². The summed E-state index contributed by atoms with van der Waals surface area (Å²) in [5.41, 5.74) is 1.03. The van der Waals surface area contributed by atoms with Crippen LogP contribution in [0.25, 0.3) is 0 Å². The zero-order chi connectivity index (χ0) is 15.4. The second kappa shape index (κ2) is 7.53. The normalized spacial score (nSPS) is 25.6. The van der Waals surface area contributed by atoms with Gasteiger partial charge in [0.25, 0.3) is 0 Å². The summed E-state index contributed by atoms with van der Waals surface area (Å²) in [6, 6.07) is 0.131. The number of carbonyl (C=O) groups excluding carboxylic acids is 1. The molecular weight excluding hydrogens is 300 g/mol. The maximum Gasteiger partial charge on any atom is 0.249 e. The number of aryl methyl sites for hydroxylation is 1. The Morgan fingerprint density at radius 3 is 3.09 bits per heavy atom. The van der Waals surface area contributed by atoms with Gasteiger partial charge in [-0.15, -0.1) is 11.3 Å². The van der Waals surface area contributed by atoms with E-state index in [1.54, 1.807) is 11.3 Å². The molecule has 0 saturated carbocycles. The van der Waals surface area contributed by atoms with Crippen LogP contribution in [0.3, 0.4) is 0 Å². The van der Waals surface area contributed by atoms with Crippen molar-refractivity contribution in [3.8, 4) is 0 Å². The maximum atomic E-state index is 12.5. The molecule has 1 aromatic rings. The number of thiazole rings is 1. The largest absolute Gasteiger partial charge is 0.376 e. The Balaban J connectivity index is 1.54. The molecule has 5 nitrogen and oxygen atoms in total. The van der Waals surface area contributed by atoms with E-state index >= 15 is 0 Å². The van der Waals surface area contributed by atoms with E-state index in [-0.39, 0.29) is 24.7 Å². The minimum atomic E-state index is 0.0792. The number of aromatic nitrogens is 1. The molecule has 2 atom stereocenters. The van der Waals surface area contributed by atoms with Crippen LogP contribution in [0, 0.1) is 6.92 Å². The highest BCUT2D eigenvalue weighted by Crippen LogP contribution is 2.32. The summed E-state index contributed by atoms with van der Waals surface area (Å²) in [5, 5.41) is 3.12. The Morgan fingerprint density at radius 2 is 2.36 bits per heavy atom. The molecule has 2 aliphatic heterocycles. The lowest BCUT2D eigenvalue weighted by Gasteiger charge is -2.34. The van der Waals surface area contributed by atoms with Gasteiger partial charge in [0, 0.05) is 24.2 Å². The van der Waals surface area contributed by atoms with E-state index in [9.17, 15) is 4.79 Å². The van der Waals surface area contributed by atoms with Crippen molar-refractivity contribution in [1.29, 1.82) is 0 Å². The van der Waals surface area contributed by atoms with Crippen LogP contribution in [-0.4, -0.2) is 48.3 Å². The number of hydrogen-bond donors (Lipinski definition) is 0. The fourth-order valence-corrected chi connectivity index (χ4v) is 4.09. The molecule has 3 heterocycles. The summed E-state index contributed by atoms with van der Waals surface area (Å²) in [5.74, 6) is 0.0792. The Kier molecular flexibility index (Phi) is 5.44. The number of piperidine rings is 1. The molecule has 0 bridgehead atoms. The minimum absolute atomic E-state index is 0.0792. The third kappa shape index (κ3) is 3.86. The molecule has 2 aliphatic rings. The van der Waals surface area contributed by atoms with Gasteiger partial charge in [0.05, 0.1) is 18.8 Å². The summed E-state index contributed by atoms with van der Waals surface area (Å²) in [6.45, 7) is 4.31. The van der Waals surface area contributed by atoms with Gasteiger partial charge < -0.3 is 14.4 Å².